The van der Waals surface area contributed by atoms with E-state index < -0.39 is 0 Å². The summed E-state index contributed by atoms with van der Waals surface area (Å²) in [6, 6.07) is 24.0. The molecule has 134 valence electrons. The van der Waals surface area contributed by atoms with E-state index in [4.69, 9.17) is 23.2 Å². The van der Waals surface area contributed by atoms with E-state index in [2.05, 4.69) is 5.43 Å². The summed E-state index contributed by atoms with van der Waals surface area (Å²) in [4.78, 5) is 13.1. The van der Waals surface area contributed by atoms with Gasteiger partial charge in [-0.05, 0) is 53.6 Å². The maximum Gasteiger partial charge on any atom is 0.273 e. The second kappa shape index (κ2) is 7.47. The Kier molecular flexibility index (Phi) is 4.88. The van der Waals surface area contributed by atoms with E-state index in [1.807, 2.05) is 84.9 Å². The Morgan fingerprint density at radius 2 is 1.41 bits per heavy atom. The fraction of sp³-hybridized carbons (Fsp3) is 0.0455. The molecule has 4 rings (SSSR count). The topological polar surface area (TPSA) is 32.3 Å². The Labute approximate surface area is 167 Å². The van der Waals surface area contributed by atoms with Crippen LogP contribution in [0.5, 0.6) is 0 Å². The molecule has 0 saturated carbocycles. The zero-order valence-corrected chi connectivity index (χ0v) is 15.8. The number of rotatable bonds is 3. The summed E-state index contributed by atoms with van der Waals surface area (Å²) in [6.07, 6.45) is 2.04. The first kappa shape index (κ1) is 17.7. The lowest BCUT2D eigenvalue weighted by atomic mass is 10.0. The molecule has 5 heteroatoms. The lowest BCUT2D eigenvalue weighted by Gasteiger charge is -2.25. The van der Waals surface area contributed by atoms with E-state index in [-0.39, 0.29) is 11.9 Å². The number of hydrazine groups is 1. The van der Waals surface area contributed by atoms with Gasteiger partial charge in [0.2, 0.25) is 0 Å². The van der Waals surface area contributed by atoms with Gasteiger partial charge in [-0.2, -0.15) is 0 Å². The minimum Gasteiger partial charge on any atom is -0.295 e. The van der Waals surface area contributed by atoms with Crippen molar-refractivity contribution >= 4 is 34.8 Å². The molecule has 1 N–H and O–H groups in total. The van der Waals surface area contributed by atoms with Crippen LogP contribution in [0.15, 0.2) is 84.9 Å². The molecule has 0 aliphatic carbocycles. The van der Waals surface area contributed by atoms with Gasteiger partial charge in [0.15, 0.2) is 0 Å². The van der Waals surface area contributed by atoms with Gasteiger partial charge in [-0.1, -0.05) is 65.7 Å². The highest BCUT2D eigenvalue weighted by Crippen LogP contribution is 2.33. The normalized spacial score (nSPS) is 16.0. The van der Waals surface area contributed by atoms with Gasteiger partial charge in [0.05, 0.1) is 11.7 Å². The molecule has 1 heterocycles. The molecule has 1 aliphatic rings. The predicted molar refractivity (Wildman–Crippen MR) is 109 cm³/mol. The third kappa shape index (κ3) is 3.70. The van der Waals surface area contributed by atoms with Gasteiger partial charge in [0.1, 0.15) is 0 Å². The smallest absolute Gasteiger partial charge is 0.273 e. The molecular formula is C22H16Cl2N2O. The second-order valence-corrected chi connectivity index (χ2v) is 7.11. The van der Waals surface area contributed by atoms with E-state index in [0.29, 0.717) is 15.6 Å². The zero-order chi connectivity index (χ0) is 18.8. The van der Waals surface area contributed by atoms with E-state index >= 15 is 0 Å². The molecule has 0 saturated heterocycles. The molecule has 3 aromatic carbocycles. The second-order valence-electron chi connectivity index (χ2n) is 6.24. The van der Waals surface area contributed by atoms with Crippen LogP contribution in [-0.4, -0.2) is 10.9 Å². The molecular weight excluding hydrogens is 379 g/mol. The van der Waals surface area contributed by atoms with Crippen molar-refractivity contribution in [3.63, 3.8) is 0 Å². The molecule has 3 aromatic rings. The SMILES string of the molecule is O=C(c1ccccc1)N1NC(c2ccc(Cl)cc2)=C[C@H]1c1ccc(Cl)cc1. The van der Waals surface area contributed by atoms with E-state index in [1.54, 1.807) is 5.01 Å². The van der Waals surface area contributed by atoms with E-state index in [0.717, 1.165) is 16.8 Å². The van der Waals surface area contributed by atoms with Crippen LogP contribution in [0.25, 0.3) is 5.70 Å². The van der Waals surface area contributed by atoms with Gasteiger partial charge < -0.3 is 0 Å². The fourth-order valence-electron chi connectivity index (χ4n) is 3.06. The molecule has 3 nitrogen and oxygen atoms in total. The zero-order valence-electron chi connectivity index (χ0n) is 14.3. The standard InChI is InChI=1S/C22H16Cl2N2O/c23-18-10-6-15(7-11-18)20-14-21(16-8-12-19(24)13-9-16)26(25-20)22(27)17-4-2-1-3-5-17/h1-14,21,25H/t21-/m0/s1. The third-order valence-corrected chi connectivity index (χ3v) is 4.95. The number of nitrogens with zero attached hydrogens (tertiary/aromatic N) is 1. The summed E-state index contributed by atoms with van der Waals surface area (Å²) in [5, 5.41) is 2.97. The van der Waals surface area contributed by atoms with Crippen molar-refractivity contribution in [3.8, 4) is 0 Å². The van der Waals surface area contributed by atoms with Crippen molar-refractivity contribution in [3.05, 3.63) is 112 Å². The number of nitrogens with one attached hydrogen (secondary N) is 1. The molecule has 0 radical (unpaired) electrons. The summed E-state index contributed by atoms with van der Waals surface area (Å²) in [7, 11) is 0. The lowest BCUT2D eigenvalue weighted by Crippen LogP contribution is -2.39. The highest BCUT2D eigenvalue weighted by molar-refractivity contribution is 6.30. The van der Waals surface area contributed by atoms with Crippen LogP contribution in [0.1, 0.15) is 27.5 Å². The largest absolute Gasteiger partial charge is 0.295 e. The number of carbonyl (C=O) groups is 1. The molecule has 27 heavy (non-hydrogen) atoms. The van der Waals surface area contributed by atoms with Gasteiger partial charge in [0.25, 0.3) is 5.91 Å². The van der Waals surface area contributed by atoms with Crippen LogP contribution < -0.4 is 5.43 Å². The van der Waals surface area contributed by atoms with Gasteiger partial charge in [-0.25, -0.2) is 5.01 Å². The van der Waals surface area contributed by atoms with Crippen LogP contribution in [0.3, 0.4) is 0 Å². The average molecular weight is 395 g/mol. The van der Waals surface area contributed by atoms with Crippen LogP contribution in [-0.2, 0) is 0 Å². The van der Waals surface area contributed by atoms with Gasteiger partial charge >= 0.3 is 0 Å². The monoisotopic (exact) mass is 394 g/mol. The number of carbonyl (C=O) groups excluding carboxylic acids is 1. The molecule has 0 spiro atoms. The summed E-state index contributed by atoms with van der Waals surface area (Å²) in [5.41, 5.74) is 6.67. The number of halogens is 2. The maximum absolute atomic E-state index is 13.1. The number of amides is 1. The molecule has 1 atom stereocenters. The molecule has 0 fully saturated rings. The van der Waals surface area contributed by atoms with Crippen LogP contribution in [0.4, 0.5) is 0 Å². The van der Waals surface area contributed by atoms with Gasteiger partial charge in [0, 0.05) is 15.6 Å². The molecule has 1 aliphatic heterocycles. The number of benzene rings is 3. The summed E-state index contributed by atoms with van der Waals surface area (Å²) in [5.74, 6) is -0.101. The molecule has 0 unspecified atom stereocenters. The molecule has 1 amide bonds. The first-order valence-corrected chi connectivity index (χ1v) is 9.26. The Morgan fingerprint density at radius 1 is 0.815 bits per heavy atom. The van der Waals surface area contributed by atoms with Crippen LogP contribution in [0, 0.1) is 0 Å². The average Bonchev–Trinajstić information content (AvgIpc) is 3.14. The first-order chi connectivity index (χ1) is 13.1. The quantitative estimate of drug-likeness (QED) is 0.614. The van der Waals surface area contributed by atoms with Crippen molar-refractivity contribution in [1.82, 2.24) is 10.4 Å². The Morgan fingerprint density at radius 3 is 2.04 bits per heavy atom. The van der Waals surface area contributed by atoms with E-state index in [9.17, 15) is 4.79 Å². The van der Waals surface area contributed by atoms with Crippen LogP contribution >= 0.6 is 23.2 Å². The van der Waals surface area contributed by atoms with Crippen molar-refractivity contribution in [2.75, 3.05) is 0 Å². The van der Waals surface area contributed by atoms with Crippen LogP contribution in [0.2, 0.25) is 10.0 Å². The van der Waals surface area contributed by atoms with Gasteiger partial charge in [-0.3, -0.25) is 10.2 Å². The Balaban J connectivity index is 1.72. The Hall–Kier alpha value is -2.75. The van der Waals surface area contributed by atoms with Crippen molar-refractivity contribution < 1.29 is 4.79 Å². The highest BCUT2D eigenvalue weighted by atomic mass is 35.5. The molecule has 0 aromatic heterocycles. The number of hydrogen-bond acceptors (Lipinski definition) is 2. The molecule has 0 bridgehead atoms. The van der Waals surface area contributed by atoms with Crippen molar-refractivity contribution in [1.29, 1.82) is 0 Å². The third-order valence-electron chi connectivity index (χ3n) is 4.45. The summed E-state index contributed by atoms with van der Waals surface area (Å²) >= 11 is 12.0. The summed E-state index contributed by atoms with van der Waals surface area (Å²) in [6.45, 7) is 0. The van der Waals surface area contributed by atoms with Gasteiger partial charge in [-0.15, -0.1) is 0 Å². The fourth-order valence-corrected chi connectivity index (χ4v) is 3.31. The highest BCUT2D eigenvalue weighted by Gasteiger charge is 2.31. The minimum atomic E-state index is -0.249. The summed E-state index contributed by atoms with van der Waals surface area (Å²) < 4.78 is 0. The lowest BCUT2D eigenvalue weighted by molar-refractivity contribution is 0.0672. The predicted octanol–water partition coefficient (Wildman–Crippen LogP) is 5.74. The van der Waals surface area contributed by atoms with Crippen molar-refractivity contribution in [2.45, 2.75) is 6.04 Å². The Bertz CT molecular complexity index is 983. The maximum atomic E-state index is 13.1. The van der Waals surface area contributed by atoms with E-state index in [1.165, 1.54) is 0 Å². The minimum absolute atomic E-state index is 0.101. The van der Waals surface area contributed by atoms with Crippen molar-refractivity contribution in [2.24, 2.45) is 0 Å². The number of hydrogen-bond donors (Lipinski definition) is 1. The first-order valence-electron chi connectivity index (χ1n) is 8.50.